The summed E-state index contributed by atoms with van der Waals surface area (Å²) in [6.07, 6.45) is -0.628. The lowest BCUT2D eigenvalue weighted by atomic mass is 10.1. The molecule has 2 aromatic rings. The molecule has 0 unspecified atom stereocenters. The van der Waals surface area contributed by atoms with Gasteiger partial charge in [0.2, 0.25) is 10.0 Å². The average molecular weight is 512 g/mol. The molecule has 0 aromatic heterocycles. The zero-order valence-corrected chi connectivity index (χ0v) is 21.8. The van der Waals surface area contributed by atoms with Gasteiger partial charge in [-0.25, -0.2) is 8.42 Å². The van der Waals surface area contributed by atoms with Crippen molar-refractivity contribution in [1.29, 1.82) is 0 Å². The van der Waals surface area contributed by atoms with Gasteiger partial charge in [-0.15, -0.1) is 16.0 Å². The van der Waals surface area contributed by atoms with Gasteiger partial charge in [-0.1, -0.05) is 49.2 Å². The zero-order chi connectivity index (χ0) is 24.6. The van der Waals surface area contributed by atoms with E-state index in [4.69, 9.17) is 11.6 Å². The lowest BCUT2D eigenvalue weighted by Gasteiger charge is -2.35. The highest BCUT2D eigenvalue weighted by Crippen LogP contribution is 2.33. The molecule has 0 bridgehead atoms. The van der Waals surface area contributed by atoms with Crippen LogP contribution in [0.4, 0.5) is 0 Å². The van der Waals surface area contributed by atoms with Crippen LogP contribution in [0.1, 0.15) is 31.9 Å². The fourth-order valence-electron chi connectivity index (χ4n) is 4.04. The number of halogens is 1. The number of alkyl halides is 1. The average Bonchev–Trinajstić information content (AvgIpc) is 3.11. The molecule has 180 valence electrons. The second-order valence-corrected chi connectivity index (χ2v) is 12.5. The van der Waals surface area contributed by atoms with Gasteiger partial charge in [-0.3, -0.25) is 0 Å². The molecule has 0 N–H and O–H groups in total. The molecule has 1 saturated heterocycles. The number of nitrogens with zero attached hydrogens (tertiary/aromatic N) is 3. The third-order valence-corrected chi connectivity index (χ3v) is 9.09. The fraction of sp³-hybridized carbons (Fsp3) is 0.435. The molecular weight excluding hydrogens is 482 g/mol. The highest BCUT2D eigenvalue weighted by Gasteiger charge is 2.46. The van der Waals surface area contributed by atoms with Crippen LogP contribution in [0, 0.1) is 19.8 Å². The number of sulfonamides is 2. The SMILES string of the molecule is Cc1ccc(S(=O)(=O)N=C(CCl)N2[C@@H](C(C)C)N(S(=O)(=O)c3ccc(C)cc3)C[C@@H]2C)cc1. The van der Waals surface area contributed by atoms with Crippen LogP contribution in [0.5, 0.6) is 0 Å². The van der Waals surface area contributed by atoms with E-state index in [9.17, 15) is 16.8 Å². The third kappa shape index (κ3) is 5.26. The molecule has 0 saturated carbocycles. The Morgan fingerprint density at radius 1 is 0.970 bits per heavy atom. The lowest BCUT2D eigenvalue weighted by Crippen LogP contribution is -2.49. The topological polar surface area (TPSA) is 87.1 Å². The summed E-state index contributed by atoms with van der Waals surface area (Å²) in [5, 5.41) is 0. The van der Waals surface area contributed by atoms with Gasteiger partial charge < -0.3 is 4.90 Å². The van der Waals surface area contributed by atoms with Crippen molar-refractivity contribution in [2.45, 2.75) is 56.6 Å². The summed E-state index contributed by atoms with van der Waals surface area (Å²) in [6.45, 7) is 9.60. The number of hydrogen-bond donors (Lipinski definition) is 0. The molecule has 0 radical (unpaired) electrons. The molecule has 1 heterocycles. The van der Waals surface area contributed by atoms with E-state index in [1.807, 2.05) is 34.6 Å². The van der Waals surface area contributed by atoms with Crippen LogP contribution >= 0.6 is 11.6 Å². The highest BCUT2D eigenvalue weighted by atomic mass is 35.5. The van der Waals surface area contributed by atoms with E-state index in [1.54, 1.807) is 41.3 Å². The van der Waals surface area contributed by atoms with Crippen LogP contribution < -0.4 is 0 Å². The van der Waals surface area contributed by atoms with Crippen molar-refractivity contribution in [3.8, 4) is 0 Å². The van der Waals surface area contributed by atoms with Gasteiger partial charge in [-0.2, -0.15) is 12.7 Å². The second-order valence-electron chi connectivity index (χ2n) is 8.73. The molecule has 2 atom stereocenters. The Hall–Kier alpha value is -1.94. The largest absolute Gasteiger partial charge is 0.337 e. The minimum atomic E-state index is -4.01. The summed E-state index contributed by atoms with van der Waals surface area (Å²) in [7, 11) is -7.83. The van der Waals surface area contributed by atoms with Crippen molar-refractivity contribution in [1.82, 2.24) is 9.21 Å². The van der Waals surface area contributed by atoms with Crippen LogP contribution in [-0.4, -0.2) is 56.5 Å². The van der Waals surface area contributed by atoms with E-state index in [0.717, 1.165) is 11.1 Å². The minimum absolute atomic E-state index is 0.0628. The lowest BCUT2D eigenvalue weighted by molar-refractivity contribution is 0.198. The molecule has 2 aromatic carbocycles. The Morgan fingerprint density at radius 3 is 1.91 bits per heavy atom. The number of amidine groups is 1. The van der Waals surface area contributed by atoms with Gasteiger partial charge in [-0.05, 0) is 51.0 Å². The molecule has 1 aliphatic heterocycles. The molecule has 1 fully saturated rings. The van der Waals surface area contributed by atoms with Gasteiger partial charge in [0.25, 0.3) is 10.0 Å². The molecule has 1 aliphatic rings. The summed E-state index contributed by atoms with van der Waals surface area (Å²) < 4.78 is 58.5. The molecular formula is C23H30ClN3O4S2. The Kier molecular flexibility index (Phi) is 7.58. The minimum Gasteiger partial charge on any atom is -0.337 e. The maximum absolute atomic E-state index is 13.5. The first-order valence-corrected chi connectivity index (χ1v) is 14.1. The molecule has 7 nitrogen and oxygen atoms in total. The molecule has 0 spiro atoms. The molecule has 33 heavy (non-hydrogen) atoms. The van der Waals surface area contributed by atoms with Gasteiger partial charge in [0, 0.05) is 12.6 Å². The predicted molar refractivity (Wildman–Crippen MR) is 132 cm³/mol. The normalized spacial score (nSPS) is 20.6. The van der Waals surface area contributed by atoms with E-state index < -0.39 is 26.2 Å². The highest BCUT2D eigenvalue weighted by molar-refractivity contribution is 7.90. The van der Waals surface area contributed by atoms with Gasteiger partial charge in [0.15, 0.2) is 0 Å². The van der Waals surface area contributed by atoms with E-state index in [2.05, 4.69) is 4.40 Å². The monoisotopic (exact) mass is 511 g/mol. The third-order valence-electron chi connectivity index (χ3n) is 5.68. The Morgan fingerprint density at radius 2 is 1.45 bits per heavy atom. The van der Waals surface area contributed by atoms with Crippen molar-refractivity contribution in [3.63, 3.8) is 0 Å². The number of hydrogen-bond acceptors (Lipinski definition) is 4. The van der Waals surface area contributed by atoms with Crippen molar-refractivity contribution in [2.24, 2.45) is 10.3 Å². The molecule has 3 rings (SSSR count). The van der Waals surface area contributed by atoms with Crippen molar-refractivity contribution in [3.05, 3.63) is 59.7 Å². The van der Waals surface area contributed by atoms with Crippen LogP contribution in [0.25, 0.3) is 0 Å². The first-order chi connectivity index (χ1) is 15.4. The fourth-order valence-corrected chi connectivity index (χ4v) is 7.13. The van der Waals surface area contributed by atoms with Gasteiger partial charge in [0.05, 0.1) is 15.7 Å². The summed E-state index contributed by atoms with van der Waals surface area (Å²) in [5.74, 6) is -0.187. The summed E-state index contributed by atoms with van der Waals surface area (Å²) >= 11 is 6.19. The quantitative estimate of drug-likeness (QED) is 0.332. The smallest absolute Gasteiger partial charge is 0.283 e. The second kappa shape index (κ2) is 9.74. The molecule has 0 aliphatic carbocycles. The molecule has 10 heteroatoms. The Bertz CT molecular complexity index is 1230. The van der Waals surface area contributed by atoms with E-state index in [-0.39, 0.29) is 40.0 Å². The van der Waals surface area contributed by atoms with Crippen LogP contribution in [0.2, 0.25) is 0 Å². The van der Waals surface area contributed by atoms with Crippen molar-refractivity contribution >= 4 is 37.5 Å². The Labute approximate surface area is 202 Å². The summed E-state index contributed by atoms with van der Waals surface area (Å²) in [4.78, 5) is 1.99. The number of rotatable bonds is 6. The van der Waals surface area contributed by atoms with Crippen LogP contribution in [-0.2, 0) is 20.0 Å². The van der Waals surface area contributed by atoms with Gasteiger partial charge >= 0.3 is 0 Å². The molecule has 0 amide bonds. The van der Waals surface area contributed by atoms with Crippen molar-refractivity contribution in [2.75, 3.05) is 12.4 Å². The predicted octanol–water partition coefficient (Wildman–Crippen LogP) is 4.01. The Balaban J connectivity index is 2.04. The van der Waals surface area contributed by atoms with Crippen LogP contribution in [0.3, 0.4) is 0 Å². The van der Waals surface area contributed by atoms with E-state index in [1.165, 1.54) is 16.4 Å². The van der Waals surface area contributed by atoms with Crippen molar-refractivity contribution < 1.29 is 16.8 Å². The number of benzene rings is 2. The standard InChI is InChI=1S/C23H30ClN3O4S2/c1-16(2)23-26(33(30,31)21-12-8-18(4)9-13-21)15-19(5)27(23)22(14-24)25-32(28,29)20-10-6-17(3)7-11-20/h6-13,16,19,23H,14-15H2,1-5H3/t19-,23-/m0/s1. The van der Waals surface area contributed by atoms with Crippen LogP contribution in [0.15, 0.2) is 62.7 Å². The number of aryl methyl sites for hydroxylation is 2. The first-order valence-electron chi connectivity index (χ1n) is 10.7. The van der Waals surface area contributed by atoms with Gasteiger partial charge in [0.1, 0.15) is 12.0 Å². The summed E-state index contributed by atoms with van der Waals surface area (Å²) in [5.41, 5.74) is 1.89. The van der Waals surface area contributed by atoms with E-state index in [0.29, 0.717) is 0 Å². The maximum Gasteiger partial charge on any atom is 0.283 e. The maximum atomic E-state index is 13.5. The first kappa shape index (κ1) is 25.7. The zero-order valence-electron chi connectivity index (χ0n) is 19.4. The summed E-state index contributed by atoms with van der Waals surface area (Å²) in [6, 6.07) is 12.8. The van der Waals surface area contributed by atoms with E-state index >= 15 is 0 Å².